The molecule has 0 atom stereocenters. The van der Waals surface area contributed by atoms with E-state index in [1.807, 2.05) is 13.8 Å². The van der Waals surface area contributed by atoms with Crippen LogP contribution in [0.15, 0.2) is 18.2 Å². The number of benzene rings is 1. The molecule has 6 heteroatoms. The Hall–Kier alpha value is -1.56. The Morgan fingerprint density at radius 1 is 1.20 bits per heavy atom. The van der Waals surface area contributed by atoms with Crippen molar-refractivity contribution >= 4 is 33.3 Å². The minimum atomic E-state index is -0.362. The van der Waals surface area contributed by atoms with Crippen LogP contribution >= 0.6 is 15.9 Å². The lowest BCUT2D eigenvalue weighted by Gasteiger charge is -2.13. The summed E-state index contributed by atoms with van der Waals surface area (Å²) in [5.74, 6) is 0.662. The topological polar surface area (TPSA) is 64.6 Å². The lowest BCUT2D eigenvalue weighted by Crippen LogP contribution is -2.17. The summed E-state index contributed by atoms with van der Waals surface area (Å²) in [5, 5.41) is 2.84. The fourth-order valence-corrected chi connectivity index (χ4v) is 1.76. The standard InChI is InChI=1S/C14H18BrNO4/c1-3-19-11-5-6-12(13(8-11)20-4-2)16-14(18)7-10(17)9-15/h5-6,8H,3-4,7,9H2,1-2H3,(H,16,18). The number of carbonyl (C=O) groups is 2. The highest BCUT2D eigenvalue weighted by Gasteiger charge is 2.12. The molecule has 1 amide bonds. The molecule has 0 spiro atoms. The zero-order valence-corrected chi connectivity index (χ0v) is 13.2. The van der Waals surface area contributed by atoms with E-state index >= 15 is 0 Å². The van der Waals surface area contributed by atoms with Gasteiger partial charge < -0.3 is 14.8 Å². The number of Topliss-reactive ketones (excluding diaryl/α,β-unsaturated/α-hetero) is 1. The van der Waals surface area contributed by atoms with E-state index < -0.39 is 0 Å². The number of anilines is 1. The maximum absolute atomic E-state index is 11.7. The van der Waals surface area contributed by atoms with Crippen LogP contribution in [0.25, 0.3) is 0 Å². The number of amides is 1. The molecule has 0 heterocycles. The molecule has 1 N–H and O–H groups in total. The molecule has 0 saturated carbocycles. The van der Waals surface area contributed by atoms with Crippen molar-refractivity contribution in [3.63, 3.8) is 0 Å². The summed E-state index contributed by atoms with van der Waals surface area (Å²) >= 11 is 3.02. The molecule has 110 valence electrons. The van der Waals surface area contributed by atoms with E-state index in [4.69, 9.17) is 9.47 Å². The number of ketones is 1. The van der Waals surface area contributed by atoms with Crippen molar-refractivity contribution < 1.29 is 19.1 Å². The van der Waals surface area contributed by atoms with Gasteiger partial charge in [-0.3, -0.25) is 9.59 Å². The first kappa shape index (κ1) is 16.5. The minimum absolute atomic E-state index is 0.163. The average molecular weight is 344 g/mol. The van der Waals surface area contributed by atoms with Crippen LogP contribution in [0, 0.1) is 0 Å². The van der Waals surface area contributed by atoms with E-state index in [0.29, 0.717) is 30.4 Å². The van der Waals surface area contributed by atoms with Crippen LogP contribution in [0.3, 0.4) is 0 Å². The molecular weight excluding hydrogens is 326 g/mol. The van der Waals surface area contributed by atoms with Gasteiger partial charge in [-0.2, -0.15) is 0 Å². The highest BCUT2D eigenvalue weighted by atomic mass is 79.9. The van der Waals surface area contributed by atoms with Gasteiger partial charge in [-0.25, -0.2) is 0 Å². The predicted octanol–water partition coefficient (Wildman–Crippen LogP) is 2.78. The largest absolute Gasteiger partial charge is 0.494 e. The molecule has 0 radical (unpaired) electrons. The molecular formula is C14H18BrNO4. The smallest absolute Gasteiger partial charge is 0.231 e. The van der Waals surface area contributed by atoms with Gasteiger partial charge in [0.2, 0.25) is 5.91 Å². The average Bonchev–Trinajstić information content (AvgIpc) is 2.42. The van der Waals surface area contributed by atoms with Crippen molar-refractivity contribution in [1.82, 2.24) is 0 Å². The Balaban J connectivity index is 2.82. The third-order valence-corrected chi connectivity index (χ3v) is 2.97. The third-order valence-electron chi connectivity index (χ3n) is 2.34. The van der Waals surface area contributed by atoms with E-state index in [-0.39, 0.29) is 23.4 Å². The van der Waals surface area contributed by atoms with Crippen molar-refractivity contribution in [1.29, 1.82) is 0 Å². The molecule has 0 fully saturated rings. The molecule has 5 nitrogen and oxygen atoms in total. The molecule has 0 saturated heterocycles. The SMILES string of the molecule is CCOc1ccc(NC(=O)CC(=O)CBr)c(OCC)c1. The zero-order valence-electron chi connectivity index (χ0n) is 11.6. The highest BCUT2D eigenvalue weighted by molar-refractivity contribution is 9.09. The number of hydrogen-bond donors (Lipinski definition) is 1. The monoisotopic (exact) mass is 343 g/mol. The number of ether oxygens (including phenoxy) is 2. The molecule has 0 unspecified atom stereocenters. The zero-order chi connectivity index (χ0) is 15.0. The van der Waals surface area contributed by atoms with Gasteiger partial charge in [0.25, 0.3) is 0 Å². The first-order valence-electron chi connectivity index (χ1n) is 6.37. The van der Waals surface area contributed by atoms with E-state index in [1.54, 1.807) is 18.2 Å². The van der Waals surface area contributed by atoms with Crippen molar-refractivity contribution in [2.75, 3.05) is 23.9 Å². The van der Waals surface area contributed by atoms with Crippen LogP contribution in [-0.4, -0.2) is 30.2 Å². The molecule has 0 aromatic heterocycles. The fourth-order valence-electron chi connectivity index (χ4n) is 1.56. The number of halogens is 1. The number of rotatable bonds is 8. The molecule has 1 aromatic rings. The summed E-state index contributed by atoms with van der Waals surface area (Å²) in [6.07, 6.45) is -0.163. The van der Waals surface area contributed by atoms with Crippen LogP contribution in [0.2, 0.25) is 0 Å². The number of hydrogen-bond acceptors (Lipinski definition) is 4. The van der Waals surface area contributed by atoms with E-state index in [9.17, 15) is 9.59 Å². The normalized spacial score (nSPS) is 9.95. The van der Waals surface area contributed by atoms with E-state index in [1.165, 1.54) is 0 Å². The predicted molar refractivity (Wildman–Crippen MR) is 80.8 cm³/mol. The van der Waals surface area contributed by atoms with Crippen molar-refractivity contribution in [2.45, 2.75) is 20.3 Å². The quantitative estimate of drug-likeness (QED) is 0.582. The van der Waals surface area contributed by atoms with Gasteiger partial charge in [-0.05, 0) is 26.0 Å². The van der Waals surface area contributed by atoms with E-state index in [0.717, 1.165) is 0 Å². The van der Waals surface area contributed by atoms with Gasteiger partial charge in [0.05, 0.1) is 30.7 Å². The Kier molecular flexibility index (Phi) is 7.08. The maximum Gasteiger partial charge on any atom is 0.231 e. The van der Waals surface area contributed by atoms with Gasteiger partial charge in [0, 0.05) is 6.07 Å². The summed E-state index contributed by atoms with van der Waals surface area (Å²) in [5.41, 5.74) is 0.530. The van der Waals surface area contributed by atoms with Gasteiger partial charge in [-0.15, -0.1) is 0 Å². The Morgan fingerprint density at radius 2 is 1.90 bits per heavy atom. The summed E-state index contributed by atoms with van der Waals surface area (Å²) in [4.78, 5) is 22.9. The van der Waals surface area contributed by atoms with E-state index in [2.05, 4.69) is 21.2 Å². The molecule has 1 aromatic carbocycles. The summed E-state index contributed by atoms with van der Waals surface area (Å²) in [7, 11) is 0. The summed E-state index contributed by atoms with van der Waals surface area (Å²) in [6.45, 7) is 4.77. The second kappa shape index (κ2) is 8.58. The minimum Gasteiger partial charge on any atom is -0.494 e. The molecule has 0 aliphatic heterocycles. The Labute approximate surface area is 126 Å². The van der Waals surface area contributed by atoms with Gasteiger partial charge >= 0.3 is 0 Å². The second-order valence-corrected chi connectivity index (χ2v) is 4.48. The molecule has 0 aliphatic rings. The van der Waals surface area contributed by atoms with Crippen LogP contribution in [0.5, 0.6) is 11.5 Å². The fraction of sp³-hybridized carbons (Fsp3) is 0.429. The highest BCUT2D eigenvalue weighted by Crippen LogP contribution is 2.29. The van der Waals surface area contributed by atoms with Gasteiger partial charge in [0.1, 0.15) is 11.5 Å². The first-order chi connectivity index (χ1) is 9.60. The lowest BCUT2D eigenvalue weighted by atomic mass is 10.2. The maximum atomic E-state index is 11.7. The van der Waals surface area contributed by atoms with Crippen molar-refractivity contribution in [3.05, 3.63) is 18.2 Å². The Bertz CT molecular complexity index is 476. The molecule has 1 rings (SSSR count). The Morgan fingerprint density at radius 3 is 2.50 bits per heavy atom. The summed E-state index contributed by atoms with van der Waals surface area (Å²) in [6, 6.07) is 5.16. The summed E-state index contributed by atoms with van der Waals surface area (Å²) < 4.78 is 10.8. The molecule has 20 heavy (non-hydrogen) atoms. The van der Waals surface area contributed by atoms with Crippen molar-refractivity contribution in [3.8, 4) is 11.5 Å². The molecule has 0 aliphatic carbocycles. The van der Waals surface area contributed by atoms with Gasteiger partial charge in [-0.1, -0.05) is 15.9 Å². The molecule has 0 bridgehead atoms. The third kappa shape index (κ3) is 5.21. The van der Waals surface area contributed by atoms with Gasteiger partial charge in [0.15, 0.2) is 5.78 Å². The lowest BCUT2D eigenvalue weighted by molar-refractivity contribution is -0.123. The number of alkyl halides is 1. The number of carbonyl (C=O) groups excluding carboxylic acids is 2. The first-order valence-corrected chi connectivity index (χ1v) is 7.50. The number of nitrogens with one attached hydrogen (secondary N) is 1. The van der Waals surface area contributed by atoms with Crippen LogP contribution < -0.4 is 14.8 Å². The second-order valence-electron chi connectivity index (χ2n) is 3.92. The van der Waals surface area contributed by atoms with Crippen molar-refractivity contribution in [2.24, 2.45) is 0 Å². The van der Waals surface area contributed by atoms with Crippen LogP contribution in [0.1, 0.15) is 20.3 Å². The van der Waals surface area contributed by atoms with Crippen LogP contribution in [-0.2, 0) is 9.59 Å². The van der Waals surface area contributed by atoms with Crippen LogP contribution in [0.4, 0.5) is 5.69 Å².